The minimum Gasteiger partial charge on any atom is -0.495 e. The van der Waals surface area contributed by atoms with Gasteiger partial charge in [-0.15, -0.1) is 0 Å². The molecule has 164 valence electrons. The molecule has 0 bridgehead atoms. The third-order valence-corrected chi connectivity index (χ3v) is 5.73. The maximum Gasteiger partial charge on any atom is 0.353 e. The number of aromatic nitrogens is 3. The molecule has 0 unspecified atom stereocenters. The Kier molecular flexibility index (Phi) is 5.93. The van der Waals surface area contributed by atoms with Gasteiger partial charge in [-0.3, -0.25) is 10.1 Å². The van der Waals surface area contributed by atoms with Crippen LogP contribution in [0.1, 0.15) is 5.56 Å². The van der Waals surface area contributed by atoms with Crippen LogP contribution in [-0.4, -0.2) is 34.1 Å². The Morgan fingerprint density at radius 3 is 2.47 bits per heavy atom. The first-order valence-electron chi connectivity index (χ1n) is 9.21. The zero-order valence-electron chi connectivity index (χ0n) is 17.2. The Labute approximate surface area is 191 Å². The molecule has 0 amide bonds. The molecule has 2 heterocycles. The normalized spacial score (nSPS) is 10.8. The van der Waals surface area contributed by atoms with Gasteiger partial charge in [-0.2, -0.15) is 0 Å². The van der Waals surface area contributed by atoms with E-state index in [1.807, 2.05) is 25.1 Å². The lowest BCUT2D eigenvalue weighted by Gasteiger charge is -2.14. The number of aryl methyl sites for hydroxylation is 1. The van der Waals surface area contributed by atoms with Crippen LogP contribution in [0.2, 0.25) is 5.02 Å². The van der Waals surface area contributed by atoms with E-state index < -0.39 is 4.92 Å². The van der Waals surface area contributed by atoms with Gasteiger partial charge in [0.1, 0.15) is 17.8 Å². The lowest BCUT2D eigenvalue weighted by atomic mass is 10.2. The van der Waals surface area contributed by atoms with E-state index in [-0.39, 0.29) is 17.3 Å². The molecule has 0 aliphatic carbocycles. The Morgan fingerprint density at radius 2 is 1.78 bits per heavy atom. The molecule has 0 spiro atoms. The van der Waals surface area contributed by atoms with Crippen LogP contribution in [0.5, 0.6) is 11.5 Å². The van der Waals surface area contributed by atoms with Crippen LogP contribution in [0.4, 0.5) is 28.1 Å². The summed E-state index contributed by atoms with van der Waals surface area (Å²) in [6.07, 6.45) is 1.22. The molecular weight excluding hydrogens is 456 g/mol. The number of hydrogen-bond acceptors (Lipinski definition) is 10. The molecule has 12 heteroatoms. The predicted octanol–water partition coefficient (Wildman–Crippen LogP) is 5.46. The van der Waals surface area contributed by atoms with Gasteiger partial charge in [0.15, 0.2) is 5.13 Å². The highest BCUT2D eigenvalue weighted by Gasteiger charge is 2.25. The van der Waals surface area contributed by atoms with Crippen molar-refractivity contribution >= 4 is 61.3 Å². The Morgan fingerprint density at radius 1 is 1.06 bits per heavy atom. The van der Waals surface area contributed by atoms with Crippen LogP contribution < -0.4 is 20.1 Å². The number of methoxy groups -OCH3 is 2. The van der Waals surface area contributed by atoms with Gasteiger partial charge in [0.05, 0.1) is 40.1 Å². The molecule has 0 saturated carbocycles. The summed E-state index contributed by atoms with van der Waals surface area (Å²) in [5.41, 5.74) is 1.91. The number of nitrogens with one attached hydrogen (secondary N) is 2. The highest BCUT2D eigenvalue weighted by Crippen LogP contribution is 2.40. The maximum absolute atomic E-state index is 11.9. The summed E-state index contributed by atoms with van der Waals surface area (Å²) in [5.74, 6) is 0.737. The molecular formula is C20H17ClN6O4S. The van der Waals surface area contributed by atoms with E-state index >= 15 is 0 Å². The summed E-state index contributed by atoms with van der Waals surface area (Å²) in [4.78, 5) is 23.9. The number of ether oxygens (including phenoxy) is 2. The van der Waals surface area contributed by atoms with Gasteiger partial charge in [0.2, 0.25) is 11.6 Å². The predicted molar refractivity (Wildman–Crippen MR) is 124 cm³/mol. The smallest absolute Gasteiger partial charge is 0.353 e. The Bertz CT molecular complexity index is 1330. The minimum absolute atomic E-state index is 0.00172. The standard InChI is InChI=1S/C20H17ClN6O4S/c1-10-4-5-12-16(6-10)32-20(25-12)26-19-17(27(28)29)18(22-9-23-19)24-13-7-11(21)14(30-2)8-15(13)31-3/h4-9H,1-3H3,(H2,22,23,24,25,26). The molecule has 0 radical (unpaired) electrons. The highest BCUT2D eigenvalue weighted by atomic mass is 35.5. The third kappa shape index (κ3) is 4.20. The summed E-state index contributed by atoms with van der Waals surface area (Å²) in [6, 6.07) is 8.95. The van der Waals surface area contributed by atoms with Crippen LogP contribution in [0, 0.1) is 17.0 Å². The first-order valence-corrected chi connectivity index (χ1v) is 10.4. The van der Waals surface area contributed by atoms with Crippen molar-refractivity contribution in [3.63, 3.8) is 0 Å². The maximum atomic E-state index is 11.9. The Balaban J connectivity index is 1.72. The molecule has 0 saturated heterocycles. The molecule has 0 fully saturated rings. The molecule has 4 rings (SSSR count). The average molecular weight is 473 g/mol. The quantitative estimate of drug-likeness (QED) is 0.266. The molecule has 0 aliphatic rings. The summed E-state index contributed by atoms with van der Waals surface area (Å²) in [6.45, 7) is 1.99. The summed E-state index contributed by atoms with van der Waals surface area (Å²) < 4.78 is 11.5. The largest absolute Gasteiger partial charge is 0.495 e. The molecule has 2 aromatic heterocycles. The first-order chi connectivity index (χ1) is 15.4. The monoisotopic (exact) mass is 472 g/mol. The lowest BCUT2D eigenvalue weighted by Crippen LogP contribution is -2.06. The number of rotatable bonds is 7. The van der Waals surface area contributed by atoms with E-state index in [1.165, 1.54) is 38.0 Å². The highest BCUT2D eigenvalue weighted by molar-refractivity contribution is 7.22. The fourth-order valence-electron chi connectivity index (χ4n) is 3.01. The number of fused-ring (bicyclic) bond motifs is 1. The zero-order valence-corrected chi connectivity index (χ0v) is 18.7. The van der Waals surface area contributed by atoms with Crippen LogP contribution in [0.25, 0.3) is 10.2 Å². The molecule has 2 N–H and O–H groups in total. The number of nitro groups is 1. The molecule has 0 atom stereocenters. The van der Waals surface area contributed by atoms with Gasteiger partial charge >= 0.3 is 5.69 Å². The first kappa shape index (κ1) is 21.5. The molecule has 10 nitrogen and oxygen atoms in total. The van der Waals surface area contributed by atoms with Crippen molar-refractivity contribution in [1.29, 1.82) is 0 Å². The summed E-state index contributed by atoms with van der Waals surface area (Å²) >= 11 is 7.58. The van der Waals surface area contributed by atoms with Crippen molar-refractivity contribution in [2.45, 2.75) is 6.92 Å². The average Bonchev–Trinajstić information content (AvgIpc) is 3.15. The molecule has 0 aliphatic heterocycles. The van der Waals surface area contributed by atoms with Crippen molar-refractivity contribution < 1.29 is 14.4 Å². The second kappa shape index (κ2) is 8.81. The minimum atomic E-state index is -0.570. The van der Waals surface area contributed by atoms with Crippen molar-refractivity contribution in [1.82, 2.24) is 15.0 Å². The summed E-state index contributed by atoms with van der Waals surface area (Å²) in [5, 5.41) is 18.5. The second-order valence-electron chi connectivity index (χ2n) is 6.60. The number of thiazole rings is 1. The van der Waals surface area contributed by atoms with E-state index in [4.69, 9.17) is 21.1 Å². The topological polar surface area (TPSA) is 124 Å². The van der Waals surface area contributed by atoms with Gasteiger partial charge in [0, 0.05) is 6.07 Å². The van der Waals surface area contributed by atoms with E-state index in [9.17, 15) is 10.1 Å². The molecule has 32 heavy (non-hydrogen) atoms. The second-order valence-corrected chi connectivity index (χ2v) is 8.04. The van der Waals surface area contributed by atoms with E-state index in [0.717, 1.165) is 15.8 Å². The van der Waals surface area contributed by atoms with Gasteiger partial charge in [-0.25, -0.2) is 15.0 Å². The zero-order chi connectivity index (χ0) is 22.8. The number of hydrogen-bond donors (Lipinski definition) is 2. The van der Waals surface area contributed by atoms with Gasteiger partial charge in [-0.1, -0.05) is 29.0 Å². The van der Waals surface area contributed by atoms with Crippen molar-refractivity contribution in [3.8, 4) is 11.5 Å². The summed E-state index contributed by atoms with van der Waals surface area (Å²) in [7, 11) is 2.94. The SMILES string of the molecule is COc1cc(OC)c(Nc2ncnc(Nc3nc4ccc(C)cc4s3)c2[N+](=O)[O-])cc1Cl. The van der Waals surface area contributed by atoms with Crippen LogP contribution in [0.15, 0.2) is 36.7 Å². The van der Waals surface area contributed by atoms with E-state index in [0.29, 0.717) is 27.3 Å². The number of nitrogens with zero attached hydrogens (tertiary/aromatic N) is 4. The van der Waals surface area contributed by atoms with E-state index in [1.54, 1.807) is 6.07 Å². The molecule has 2 aromatic carbocycles. The Hall–Kier alpha value is -3.70. The fraction of sp³-hybridized carbons (Fsp3) is 0.150. The van der Waals surface area contributed by atoms with Crippen LogP contribution >= 0.6 is 22.9 Å². The van der Waals surface area contributed by atoms with Crippen molar-refractivity contribution in [2.24, 2.45) is 0 Å². The van der Waals surface area contributed by atoms with Crippen LogP contribution in [-0.2, 0) is 0 Å². The lowest BCUT2D eigenvalue weighted by molar-refractivity contribution is -0.383. The fourth-order valence-corrected chi connectivity index (χ4v) is 4.21. The third-order valence-electron chi connectivity index (χ3n) is 4.50. The van der Waals surface area contributed by atoms with Crippen molar-refractivity contribution in [3.05, 3.63) is 57.4 Å². The van der Waals surface area contributed by atoms with Gasteiger partial charge < -0.3 is 20.1 Å². The number of benzene rings is 2. The van der Waals surface area contributed by atoms with E-state index in [2.05, 4.69) is 25.6 Å². The van der Waals surface area contributed by atoms with Crippen LogP contribution in [0.3, 0.4) is 0 Å². The number of halogens is 1. The number of anilines is 4. The van der Waals surface area contributed by atoms with Crippen molar-refractivity contribution in [2.75, 3.05) is 24.9 Å². The molecule has 4 aromatic rings. The van der Waals surface area contributed by atoms with Gasteiger partial charge in [-0.05, 0) is 30.7 Å². The van der Waals surface area contributed by atoms with Gasteiger partial charge in [0.25, 0.3) is 0 Å².